The van der Waals surface area contributed by atoms with E-state index in [2.05, 4.69) is 0 Å². The lowest BCUT2D eigenvalue weighted by molar-refractivity contribution is -0.151. The van der Waals surface area contributed by atoms with Crippen LogP contribution in [0.3, 0.4) is 0 Å². The number of piperidine rings is 1. The monoisotopic (exact) mass is 357 g/mol. The van der Waals surface area contributed by atoms with Gasteiger partial charge in [-0.25, -0.2) is 4.39 Å². The third kappa shape index (κ3) is 3.75. The maximum Gasteiger partial charge on any atom is 0.314 e. The third-order valence-corrected chi connectivity index (χ3v) is 4.71. The van der Waals surface area contributed by atoms with Crippen molar-refractivity contribution in [3.05, 3.63) is 65.5 Å². The molecule has 2 aromatic rings. The van der Waals surface area contributed by atoms with Gasteiger partial charge in [0.05, 0.1) is 13.2 Å². The number of hydrogen-bond donors (Lipinski definition) is 1. The number of carbonyl (C=O) groups excluding carboxylic acids is 1. The zero-order chi connectivity index (χ0) is 18.7. The molecule has 3 rings (SSSR count). The predicted octanol–water partition coefficient (Wildman–Crippen LogP) is 3.05. The average Bonchev–Trinajstić information content (AvgIpc) is 2.63. The maximum atomic E-state index is 13.3. The summed E-state index contributed by atoms with van der Waals surface area (Å²) in [4.78, 5) is 26.2. The molecular formula is C20H20FNO4. The minimum atomic E-state index is -1.11. The van der Waals surface area contributed by atoms with Gasteiger partial charge in [-0.15, -0.1) is 0 Å². The molecule has 0 amide bonds. The lowest BCUT2D eigenvalue weighted by atomic mass is 9.85. The van der Waals surface area contributed by atoms with E-state index in [1.165, 1.54) is 12.1 Å². The Balaban J connectivity index is 1.89. The number of carboxylic acid groups (broad SMARTS) is 1. The largest absolute Gasteiger partial charge is 0.497 e. The summed E-state index contributed by atoms with van der Waals surface area (Å²) in [7, 11) is 1.59. The Morgan fingerprint density at radius 1 is 1.19 bits per heavy atom. The molecule has 0 radical (unpaired) electrons. The molecule has 0 aromatic heterocycles. The molecule has 1 fully saturated rings. The Kier molecular flexibility index (Phi) is 5.32. The van der Waals surface area contributed by atoms with Crippen LogP contribution in [0.4, 0.5) is 4.39 Å². The first kappa shape index (κ1) is 18.1. The maximum absolute atomic E-state index is 13.3. The first-order valence-electron chi connectivity index (χ1n) is 8.38. The molecule has 6 heteroatoms. The van der Waals surface area contributed by atoms with Crippen LogP contribution in [0.5, 0.6) is 5.75 Å². The Labute approximate surface area is 151 Å². The van der Waals surface area contributed by atoms with Gasteiger partial charge in [0, 0.05) is 13.1 Å². The first-order chi connectivity index (χ1) is 12.5. The minimum absolute atomic E-state index is 0.266. The van der Waals surface area contributed by atoms with Crippen LogP contribution in [-0.2, 0) is 16.1 Å². The van der Waals surface area contributed by atoms with E-state index in [1.54, 1.807) is 19.2 Å². The number of likely N-dealkylation sites (tertiary alicyclic amines) is 1. The highest BCUT2D eigenvalue weighted by Gasteiger charge is 2.40. The molecule has 5 nitrogen and oxygen atoms in total. The van der Waals surface area contributed by atoms with Crippen LogP contribution in [0, 0.1) is 11.7 Å². The van der Waals surface area contributed by atoms with E-state index in [0.717, 1.165) is 11.3 Å². The number of carbonyl (C=O) groups is 2. The summed E-state index contributed by atoms with van der Waals surface area (Å²) in [5, 5.41) is 9.34. The fourth-order valence-corrected chi connectivity index (χ4v) is 3.34. The number of methoxy groups -OCH3 is 1. The second-order valence-corrected chi connectivity index (χ2v) is 6.35. The van der Waals surface area contributed by atoms with Crippen molar-refractivity contribution in [3.63, 3.8) is 0 Å². The number of benzene rings is 2. The lowest BCUT2D eigenvalue weighted by Gasteiger charge is -2.37. The second kappa shape index (κ2) is 7.66. The summed E-state index contributed by atoms with van der Waals surface area (Å²) in [6.07, 6.45) is 0.266. The Bertz CT molecular complexity index is 788. The highest BCUT2D eigenvalue weighted by atomic mass is 19.1. The van der Waals surface area contributed by atoms with Crippen molar-refractivity contribution in [1.29, 1.82) is 0 Å². The molecule has 0 aliphatic carbocycles. The van der Waals surface area contributed by atoms with E-state index in [4.69, 9.17) is 4.74 Å². The van der Waals surface area contributed by atoms with Gasteiger partial charge < -0.3 is 9.84 Å². The van der Waals surface area contributed by atoms with Gasteiger partial charge in [0.1, 0.15) is 17.5 Å². The highest BCUT2D eigenvalue weighted by Crippen LogP contribution is 2.33. The summed E-state index contributed by atoms with van der Waals surface area (Å²) in [6.45, 7) is 0.959. The quantitative estimate of drug-likeness (QED) is 0.833. The molecule has 1 N–H and O–H groups in total. The summed E-state index contributed by atoms with van der Waals surface area (Å²) >= 11 is 0. The van der Waals surface area contributed by atoms with Crippen LogP contribution in [0.25, 0.3) is 0 Å². The number of Topliss-reactive ketones (excluding diaryl/α,β-unsaturated/α-hetero) is 1. The summed E-state index contributed by atoms with van der Waals surface area (Å²) < 4.78 is 18.4. The number of aliphatic carboxylic acids is 1. The van der Waals surface area contributed by atoms with Gasteiger partial charge in [0.15, 0.2) is 5.78 Å². The number of nitrogens with zero attached hydrogens (tertiary/aromatic N) is 1. The van der Waals surface area contributed by atoms with E-state index in [0.29, 0.717) is 18.7 Å². The number of halogens is 1. The molecule has 1 heterocycles. The van der Waals surface area contributed by atoms with E-state index in [-0.39, 0.29) is 12.2 Å². The number of ketones is 1. The van der Waals surface area contributed by atoms with E-state index < -0.39 is 23.7 Å². The molecule has 26 heavy (non-hydrogen) atoms. The van der Waals surface area contributed by atoms with Crippen LogP contribution in [0.2, 0.25) is 0 Å². The normalized spacial score (nSPS) is 20.8. The third-order valence-electron chi connectivity index (χ3n) is 4.71. The van der Waals surface area contributed by atoms with Crippen LogP contribution in [-0.4, -0.2) is 35.4 Å². The minimum Gasteiger partial charge on any atom is -0.497 e. The van der Waals surface area contributed by atoms with Crippen LogP contribution in [0.1, 0.15) is 23.6 Å². The zero-order valence-electron chi connectivity index (χ0n) is 14.4. The summed E-state index contributed by atoms with van der Waals surface area (Å²) in [5.74, 6) is -2.15. The van der Waals surface area contributed by atoms with Crippen molar-refractivity contribution < 1.29 is 23.8 Å². The Morgan fingerprint density at radius 3 is 2.42 bits per heavy atom. The van der Waals surface area contributed by atoms with Crippen molar-refractivity contribution >= 4 is 11.8 Å². The standard InChI is InChI=1S/C20H20FNO4/c1-26-16-8-2-13(3-9-16)12-22-11-10-17(20(24)25)19(23)18(22)14-4-6-15(21)7-5-14/h2-9,17-18H,10-12H2,1H3,(H,24,25). The lowest BCUT2D eigenvalue weighted by Crippen LogP contribution is -2.45. The number of carboxylic acids is 1. The second-order valence-electron chi connectivity index (χ2n) is 6.35. The van der Waals surface area contributed by atoms with Crippen molar-refractivity contribution in [3.8, 4) is 5.75 Å². The molecule has 1 saturated heterocycles. The summed E-state index contributed by atoms with van der Waals surface area (Å²) in [6, 6.07) is 12.5. The predicted molar refractivity (Wildman–Crippen MR) is 93.3 cm³/mol. The van der Waals surface area contributed by atoms with Crippen molar-refractivity contribution in [2.45, 2.75) is 19.0 Å². The van der Waals surface area contributed by atoms with E-state index in [9.17, 15) is 19.1 Å². The molecule has 0 saturated carbocycles. The Hall–Kier alpha value is -2.73. The highest BCUT2D eigenvalue weighted by molar-refractivity contribution is 6.02. The van der Waals surface area contributed by atoms with Gasteiger partial charge >= 0.3 is 5.97 Å². The molecule has 2 aromatic carbocycles. The molecule has 136 valence electrons. The molecule has 2 atom stereocenters. The first-order valence-corrected chi connectivity index (χ1v) is 8.38. The van der Waals surface area contributed by atoms with Gasteiger partial charge in [-0.05, 0) is 41.8 Å². The molecule has 1 aliphatic rings. The molecule has 0 spiro atoms. The topological polar surface area (TPSA) is 66.8 Å². The smallest absolute Gasteiger partial charge is 0.314 e. The Morgan fingerprint density at radius 2 is 1.85 bits per heavy atom. The van der Waals surface area contributed by atoms with Gasteiger partial charge in [-0.2, -0.15) is 0 Å². The fourth-order valence-electron chi connectivity index (χ4n) is 3.34. The van der Waals surface area contributed by atoms with Gasteiger partial charge in [0.25, 0.3) is 0 Å². The molecular weight excluding hydrogens is 337 g/mol. The van der Waals surface area contributed by atoms with Crippen LogP contribution in [0.15, 0.2) is 48.5 Å². The molecule has 1 aliphatic heterocycles. The fraction of sp³-hybridized carbons (Fsp3) is 0.300. The zero-order valence-corrected chi connectivity index (χ0v) is 14.4. The van der Waals surface area contributed by atoms with E-state index >= 15 is 0 Å². The van der Waals surface area contributed by atoms with Gasteiger partial charge in [-0.1, -0.05) is 24.3 Å². The van der Waals surface area contributed by atoms with Crippen molar-refractivity contribution in [1.82, 2.24) is 4.90 Å². The summed E-state index contributed by atoms with van der Waals surface area (Å²) in [5.41, 5.74) is 1.59. The van der Waals surface area contributed by atoms with E-state index in [1.807, 2.05) is 29.2 Å². The number of hydrogen-bond acceptors (Lipinski definition) is 4. The van der Waals surface area contributed by atoms with Crippen molar-refractivity contribution in [2.24, 2.45) is 5.92 Å². The molecule has 0 bridgehead atoms. The van der Waals surface area contributed by atoms with Crippen LogP contribution >= 0.6 is 0 Å². The number of ether oxygens (including phenoxy) is 1. The average molecular weight is 357 g/mol. The van der Waals surface area contributed by atoms with Crippen molar-refractivity contribution in [2.75, 3.05) is 13.7 Å². The number of rotatable bonds is 5. The van der Waals surface area contributed by atoms with Gasteiger partial charge in [0.2, 0.25) is 0 Å². The van der Waals surface area contributed by atoms with Gasteiger partial charge in [-0.3, -0.25) is 14.5 Å². The SMILES string of the molecule is COc1ccc(CN2CCC(C(=O)O)C(=O)C2c2ccc(F)cc2)cc1. The van der Waals surface area contributed by atoms with Crippen LogP contribution < -0.4 is 4.74 Å². The molecule has 2 unspecified atom stereocenters.